The maximum atomic E-state index is 12.7. The molecule has 4 rings (SSSR count). The molecular formula is C20H22F3N5O4S. The minimum absolute atomic E-state index is 0.0509. The number of amides is 1. The van der Waals surface area contributed by atoms with E-state index in [0.29, 0.717) is 29.6 Å². The Morgan fingerprint density at radius 3 is 2.70 bits per heavy atom. The lowest BCUT2D eigenvalue weighted by atomic mass is 9.87. The summed E-state index contributed by atoms with van der Waals surface area (Å²) in [5, 5.41) is 1.86. The van der Waals surface area contributed by atoms with Gasteiger partial charge in [0.15, 0.2) is 0 Å². The van der Waals surface area contributed by atoms with Gasteiger partial charge in [0, 0.05) is 30.9 Å². The molecule has 3 heterocycles. The monoisotopic (exact) mass is 485 g/mol. The lowest BCUT2D eigenvalue weighted by Gasteiger charge is -2.54. The fourth-order valence-corrected chi connectivity index (χ4v) is 5.89. The van der Waals surface area contributed by atoms with E-state index in [-0.39, 0.29) is 18.3 Å². The van der Waals surface area contributed by atoms with Crippen LogP contribution in [0.1, 0.15) is 35.0 Å². The van der Waals surface area contributed by atoms with Gasteiger partial charge in [-0.2, -0.15) is 13.2 Å². The molecule has 178 valence electrons. The van der Waals surface area contributed by atoms with Gasteiger partial charge in [-0.05, 0) is 37.3 Å². The van der Waals surface area contributed by atoms with Crippen LogP contribution in [0.25, 0.3) is 0 Å². The Morgan fingerprint density at radius 1 is 1.33 bits per heavy atom. The van der Waals surface area contributed by atoms with Gasteiger partial charge in [-0.25, -0.2) is 9.30 Å². The Morgan fingerprint density at radius 2 is 2.06 bits per heavy atom. The fourth-order valence-electron chi connectivity index (χ4n) is 3.99. The Labute approximate surface area is 188 Å². The first-order valence-corrected chi connectivity index (χ1v) is 11.4. The molecule has 2 aliphatic rings. The van der Waals surface area contributed by atoms with Crippen LogP contribution in [0, 0.1) is 0 Å². The Hall–Kier alpha value is -3.03. The second-order valence-electron chi connectivity index (χ2n) is 7.90. The Bertz CT molecular complexity index is 1130. The Kier molecular flexibility index (Phi) is 5.46. The number of fused-ring (bicyclic) bond motifs is 3. The van der Waals surface area contributed by atoms with Gasteiger partial charge in [0.25, 0.3) is 5.91 Å². The second-order valence-corrected chi connectivity index (χ2v) is 10.1. The summed E-state index contributed by atoms with van der Waals surface area (Å²) < 4.78 is 66.9. The average Bonchev–Trinajstić information content (AvgIpc) is 2.89. The number of nitrogens with zero attached hydrogens (tertiary/aromatic N) is 3. The molecule has 33 heavy (non-hydrogen) atoms. The van der Waals surface area contributed by atoms with Crippen molar-refractivity contribution >= 4 is 28.3 Å². The Balaban J connectivity index is 1.68. The van der Waals surface area contributed by atoms with Gasteiger partial charge >= 0.3 is 6.18 Å². The molecule has 0 fully saturated rings. The highest BCUT2D eigenvalue weighted by atomic mass is 32.3. The zero-order valence-corrected chi connectivity index (χ0v) is 18.4. The molecular weight excluding hydrogens is 463 g/mol. The normalized spacial score (nSPS) is 25.0. The van der Waals surface area contributed by atoms with Crippen molar-refractivity contribution in [2.45, 2.75) is 30.3 Å². The molecule has 13 heteroatoms. The van der Waals surface area contributed by atoms with Crippen LogP contribution in [-0.2, 0) is 11.7 Å². The van der Waals surface area contributed by atoms with Crippen molar-refractivity contribution in [3.63, 3.8) is 0 Å². The first-order valence-electron chi connectivity index (χ1n) is 9.82. The SMILES string of the molecule is CN1C(N)=N[C@]2(C)c3cc(NC(=O)c4ccc(C(F)(F)F)cn4)ccc3OCC[C@@H]2S1(O)O. The highest BCUT2D eigenvalue weighted by Crippen LogP contribution is 2.60. The summed E-state index contributed by atoms with van der Waals surface area (Å²) >= 11 is 0. The van der Waals surface area contributed by atoms with Crippen molar-refractivity contribution in [1.82, 2.24) is 9.29 Å². The standard InChI is InChI=1S/C20H22F3N5O4S/c1-19-13-9-12(26-17(29)14-5-3-11(10-25-14)20(21,22)23)4-6-15(13)32-8-7-16(19)33(30,31)28(2)18(24)27-19/h3-6,9-10,16,30-31H,7-8H2,1-2H3,(H2,24,27)(H,26,29)/t16-,19+/m0/s1. The highest BCUT2D eigenvalue weighted by Gasteiger charge is 2.52. The number of alkyl halides is 3. The number of guanidine groups is 1. The van der Waals surface area contributed by atoms with Crippen LogP contribution in [0.4, 0.5) is 18.9 Å². The van der Waals surface area contributed by atoms with E-state index in [4.69, 9.17) is 10.5 Å². The molecule has 2 aliphatic heterocycles. The number of benzene rings is 1. The van der Waals surface area contributed by atoms with Crippen molar-refractivity contribution in [3.05, 3.63) is 53.3 Å². The predicted octanol–water partition coefficient (Wildman–Crippen LogP) is 3.64. The topological polar surface area (TPSA) is 133 Å². The van der Waals surface area contributed by atoms with Gasteiger partial charge < -0.3 is 15.8 Å². The van der Waals surface area contributed by atoms with E-state index in [9.17, 15) is 27.1 Å². The zero-order valence-electron chi connectivity index (χ0n) is 17.6. The number of pyridine rings is 1. The molecule has 1 amide bonds. The summed E-state index contributed by atoms with van der Waals surface area (Å²) in [6.45, 7) is 1.93. The van der Waals surface area contributed by atoms with Gasteiger partial charge in [0.1, 0.15) is 22.2 Å². The lowest BCUT2D eigenvalue weighted by molar-refractivity contribution is -0.137. The van der Waals surface area contributed by atoms with Crippen LogP contribution in [0.15, 0.2) is 41.5 Å². The first kappa shape index (κ1) is 23.1. The van der Waals surface area contributed by atoms with E-state index in [2.05, 4.69) is 15.3 Å². The van der Waals surface area contributed by atoms with Crippen molar-refractivity contribution in [2.75, 3.05) is 19.0 Å². The van der Waals surface area contributed by atoms with Crippen molar-refractivity contribution in [2.24, 2.45) is 10.7 Å². The number of carbonyl (C=O) groups excluding carboxylic acids is 1. The van der Waals surface area contributed by atoms with E-state index >= 15 is 0 Å². The largest absolute Gasteiger partial charge is 0.493 e. The van der Waals surface area contributed by atoms with Gasteiger partial charge in [0.05, 0.1) is 12.2 Å². The maximum absolute atomic E-state index is 12.7. The summed E-state index contributed by atoms with van der Waals surface area (Å²) in [5.74, 6) is -0.317. The number of hydrogen-bond acceptors (Lipinski definition) is 8. The third-order valence-electron chi connectivity index (χ3n) is 5.82. The van der Waals surface area contributed by atoms with E-state index < -0.39 is 39.2 Å². The molecule has 2 aromatic rings. The van der Waals surface area contributed by atoms with Crippen molar-refractivity contribution in [3.8, 4) is 5.75 Å². The summed E-state index contributed by atoms with van der Waals surface area (Å²) in [7, 11) is -1.87. The smallest absolute Gasteiger partial charge is 0.417 e. The van der Waals surface area contributed by atoms with Crippen LogP contribution in [-0.4, -0.2) is 49.2 Å². The minimum Gasteiger partial charge on any atom is -0.493 e. The van der Waals surface area contributed by atoms with E-state index in [1.54, 1.807) is 25.1 Å². The highest BCUT2D eigenvalue weighted by molar-refractivity contribution is 8.23. The molecule has 1 aromatic carbocycles. The molecule has 0 saturated heterocycles. The van der Waals surface area contributed by atoms with Gasteiger partial charge in [-0.3, -0.25) is 18.9 Å². The summed E-state index contributed by atoms with van der Waals surface area (Å²) in [4.78, 5) is 20.7. The first-order chi connectivity index (χ1) is 15.3. The molecule has 0 radical (unpaired) electrons. The van der Waals surface area contributed by atoms with Crippen LogP contribution in [0.5, 0.6) is 5.75 Å². The lowest BCUT2D eigenvalue weighted by Crippen LogP contribution is -2.53. The quantitative estimate of drug-likeness (QED) is 0.510. The summed E-state index contributed by atoms with van der Waals surface area (Å²) in [5.41, 5.74) is 4.44. The number of aliphatic imine (C=N–C) groups is 1. The molecule has 9 nitrogen and oxygen atoms in total. The summed E-state index contributed by atoms with van der Waals surface area (Å²) in [6, 6.07) is 6.50. The molecule has 2 atom stereocenters. The number of hydrogen-bond donors (Lipinski definition) is 4. The van der Waals surface area contributed by atoms with Gasteiger partial charge in [-0.15, -0.1) is 10.8 Å². The fraction of sp³-hybridized carbons (Fsp3) is 0.350. The number of rotatable bonds is 2. The number of aromatic nitrogens is 1. The zero-order chi connectivity index (χ0) is 24.2. The molecule has 0 saturated carbocycles. The van der Waals surface area contributed by atoms with Crippen LogP contribution < -0.4 is 15.8 Å². The maximum Gasteiger partial charge on any atom is 0.417 e. The molecule has 0 bridgehead atoms. The van der Waals surface area contributed by atoms with Gasteiger partial charge in [0.2, 0.25) is 5.96 Å². The van der Waals surface area contributed by atoms with Crippen LogP contribution in [0.3, 0.4) is 0 Å². The molecule has 5 N–H and O–H groups in total. The number of anilines is 1. The van der Waals surface area contributed by atoms with Gasteiger partial charge in [-0.1, -0.05) is 0 Å². The third-order valence-corrected chi connectivity index (χ3v) is 8.28. The van der Waals surface area contributed by atoms with Crippen LogP contribution >= 0.6 is 10.8 Å². The predicted molar refractivity (Wildman–Crippen MR) is 117 cm³/mol. The number of halogens is 3. The third kappa shape index (κ3) is 3.96. The molecule has 0 spiro atoms. The van der Waals surface area contributed by atoms with E-state index in [1.807, 2.05) is 0 Å². The van der Waals surface area contributed by atoms with Crippen molar-refractivity contribution < 1.29 is 31.8 Å². The number of nitrogens with one attached hydrogen (secondary N) is 1. The second kappa shape index (κ2) is 7.78. The van der Waals surface area contributed by atoms with Crippen LogP contribution in [0.2, 0.25) is 0 Å². The number of ether oxygens (including phenoxy) is 1. The van der Waals surface area contributed by atoms with Crippen molar-refractivity contribution in [1.29, 1.82) is 0 Å². The van der Waals surface area contributed by atoms with E-state index in [1.165, 1.54) is 7.05 Å². The average molecular weight is 485 g/mol. The summed E-state index contributed by atoms with van der Waals surface area (Å²) in [6.07, 6.45) is -3.67. The van der Waals surface area contributed by atoms with E-state index in [0.717, 1.165) is 16.4 Å². The molecule has 0 aliphatic carbocycles. The molecule has 0 unspecified atom stereocenters. The minimum atomic E-state index is -4.56. The molecule has 1 aromatic heterocycles. The number of nitrogens with two attached hydrogens (primary N) is 1. The number of carbonyl (C=O) groups is 1.